The number of carbonyl (C=O) groups excluding carboxylic acids is 1. The van der Waals surface area contributed by atoms with Gasteiger partial charge in [0.2, 0.25) is 5.95 Å². The second-order valence-electron chi connectivity index (χ2n) is 7.71. The molecule has 2 aromatic carbocycles. The highest BCUT2D eigenvalue weighted by Gasteiger charge is 2.24. The monoisotopic (exact) mass is 500 g/mol. The Hall–Kier alpha value is -3.91. The summed E-state index contributed by atoms with van der Waals surface area (Å²) in [6.07, 6.45) is 0. The highest BCUT2D eigenvalue weighted by Crippen LogP contribution is 2.34. The second-order valence-corrected chi connectivity index (χ2v) is 9.31. The summed E-state index contributed by atoms with van der Waals surface area (Å²) in [5, 5.41) is 15.3. The summed E-state index contributed by atoms with van der Waals surface area (Å²) in [7, 11) is -4.87. The van der Waals surface area contributed by atoms with Crippen LogP contribution in [0.15, 0.2) is 36.4 Å². The van der Waals surface area contributed by atoms with Gasteiger partial charge in [0.05, 0.1) is 40.2 Å². The quantitative estimate of drug-likeness (QED) is 0.345. The molecule has 0 fully saturated rings. The fraction of sp³-hybridized carbons (Fsp3) is 0.182. The number of aromatic nitrogens is 4. The Morgan fingerprint density at radius 1 is 1.20 bits per heavy atom. The van der Waals surface area contributed by atoms with Crippen molar-refractivity contribution in [2.24, 2.45) is 0 Å². The third-order valence-electron chi connectivity index (χ3n) is 5.32. The number of fused-ring (bicyclic) bond motifs is 1. The lowest BCUT2D eigenvalue weighted by atomic mass is 10.2. The lowest BCUT2D eigenvalue weighted by Crippen LogP contribution is -2.20. The number of nitrogens with one attached hydrogen (secondary N) is 1. The van der Waals surface area contributed by atoms with Gasteiger partial charge >= 0.3 is 7.60 Å². The average molecular weight is 500 g/mol. The molecule has 0 bridgehead atoms. The van der Waals surface area contributed by atoms with Gasteiger partial charge in [-0.05, 0) is 50.2 Å². The number of halogens is 2. The van der Waals surface area contributed by atoms with Crippen molar-refractivity contribution in [2.75, 3.05) is 5.32 Å². The molecule has 35 heavy (non-hydrogen) atoms. The van der Waals surface area contributed by atoms with Crippen LogP contribution in [0.4, 0.5) is 14.7 Å². The summed E-state index contributed by atoms with van der Waals surface area (Å²) in [4.78, 5) is 35.8. The molecule has 0 unspecified atom stereocenters. The van der Waals surface area contributed by atoms with Crippen LogP contribution in [-0.4, -0.2) is 35.0 Å². The van der Waals surface area contributed by atoms with Gasteiger partial charge in [0.1, 0.15) is 17.3 Å². The SMILES string of the molecule is CCn1nc(C)cc1C(=O)Nc1nc2cc(C#N)ccc2n1Cc1c(F)cc(P(=O)(O)O)cc1F. The fourth-order valence-electron chi connectivity index (χ4n) is 3.66. The number of hydrogen-bond donors (Lipinski definition) is 3. The minimum absolute atomic E-state index is 0.0422. The molecule has 1 amide bonds. The standard InChI is InChI=1S/C22H19F2N6O4P/c1-3-30-20(6-12(2)28-30)21(31)27-22-26-18-7-13(10-25)4-5-19(18)29(22)11-15-16(23)8-14(9-17(15)24)35(32,33)34/h4-9H,3,11H2,1-2H3,(H,26,27,31)(H2,32,33,34). The van der Waals surface area contributed by atoms with E-state index in [1.165, 1.54) is 27.4 Å². The largest absolute Gasteiger partial charge is 0.356 e. The maximum Gasteiger partial charge on any atom is 0.356 e. The van der Waals surface area contributed by atoms with Crippen LogP contribution < -0.4 is 10.6 Å². The number of imidazole rings is 1. The van der Waals surface area contributed by atoms with E-state index in [-0.39, 0.29) is 11.6 Å². The normalized spacial score (nSPS) is 11.6. The van der Waals surface area contributed by atoms with Crippen molar-refractivity contribution in [3.63, 3.8) is 0 Å². The van der Waals surface area contributed by atoms with Crippen LogP contribution in [0.2, 0.25) is 0 Å². The van der Waals surface area contributed by atoms with Crippen LogP contribution in [-0.2, 0) is 17.7 Å². The molecule has 2 aromatic heterocycles. The first-order valence-electron chi connectivity index (χ1n) is 10.3. The van der Waals surface area contributed by atoms with Crippen LogP contribution in [0.1, 0.15) is 34.2 Å². The number of anilines is 1. The molecule has 0 spiro atoms. The van der Waals surface area contributed by atoms with E-state index in [1.54, 1.807) is 13.0 Å². The van der Waals surface area contributed by atoms with E-state index < -0.39 is 42.6 Å². The van der Waals surface area contributed by atoms with Crippen molar-refractivity contribution in [3.8, 4) is 6.07 Å². The van der Waals surface area contributed by atoms with Gasteiger partial charge in [0, 0.05) is 12.1 Å². The second kappa shape index (κ2) is 9.03. The van der Waals surface area contributed by atoms with Gasteiger partial charge in [-0.25, -0.2) is 13.8 Å². The molecule has 0 saturated carbocycles. The fourth-order valence-corrected chi connectivity index (χ4v) is 4.22. The number of amides is 1. The first kappa shape index (κ1) is 24.2. The van der Waals surface area contributed by atoms with Crippen LogP contribution in [0.25, 0.3) is 11.0 Å². The topological polar surface area (TPSA) is 146 Å². The zero-order valence-corrected chi connectivity index (χ0v) is 19.4. The van der Waals surface area contributed by atoms with Gasteiger partial charge in [-0.2, -0.15) is 10.4 Å². The molecule has 10 nitrogen and oxygen atoms in total. The van der Waals surface area contributed by atoms with Crippen LogP contribution in [0, 0.1) is 29.9 Å². The van der Waals surface area contributed by atoms with Crippen molar-refractivity contribution in [1.29, 1.82) is 5.26 Å². The third-order valence-corrected chi connectivity index (χ3v) is 6.25. The average Bonchev–Trinajstić information content (AvgIpc) is 3.34. The lowest BCUT2D eigenvalue weighted by molar-refractivity contribution is 0.101. The molecule has 0 radical (unpaired) electrons. The summed E-state index contributed by atoms with van der Waals surface area (Å²) in [5.41, 5.74) is 1.35. The molecule has 4 rings (SSSR count). The molecule has 4 aromatic rings. The highest BCUT2D eigenvalue weighted by molar-refractivity contribution is 7.60. The number of nitrogens with zero attached hydrogens (tertiary/aromatic N) is 5. The van der Waals surface area contributed by atoms with Crippen molar-refractivity contribution >= 4 is 35.8 Å². The summed E-state index contributed by atoms with van der Waals surface area (Å²) in [6.45, 7) is 3.52. The van der Waals surface area contributed by atoms with Gasteiger partial charge in [0.15, 0.2) is 0 Å². The molecule has 3 N–H and O–H groups in total. The van der Waals surface area contributed by atoms with E-state index >= 15 is 0 Å². The van der Waals surface area contributed by atoms with Crippen molar-refractivity contribution < 1.29 is 27.9 Å². The minimum Gasteiger partial charge on any atom is -0.321 e. The Balaban J connectivity index is 1.81. The van der Waals surface area contributed by atoms with Crippen molar-refractivity contribution in [3.05, 3.63) is 70.5 Å². The Morgan fingerprint density at radius 2 is 1.89 bits per heavy atom. The Bertz CT molecular complexity index is 1540. The van der Waals surface area contributed by atoms with Crippen LogP contribution in [0.3, 0.4) is 0 Å². The zero-order chi connectivity index (χ0) is 25.5. The number of hydrogen-bond acceptors (Lipinski definition) is 5. The van der Waals surface area contributed by atoms with Gasteiger partial charge in [-0.3, -0.25) is 19.4 Å². The molecular formula is C22H19F2N6O4P. The maximum absolute atomic E-state index is 14.8. The predicted molar refractivity (Wildman–Crippen MR) is 122 cm³/mol. The highest BCUT2D eigenvalue weighted by atomic mass is 31.2. The minimum atomic E-state index is -4.87. The summed E-state index contributed by atoms with van der Waals surface area (Å²) < 4.78 is 43.8. The number of carbonyl (C=O) groups is 1. The molecule has 180 valence electrons. The summed E-state index contributed by atoms with van der Waals surface area (Å²) in [6, 6.07) is 9.19. The van der Waals surface area contributed by atoms with Crippen molar-refractivity contribution in [1.82, 2.24) is 19.3 Å². The van der Waals surface area contributed by atoms with Gasteiger partial charge in [-0.1, -0.05) is 0 Å². The van der Waals surface area contributed by atoms with Gasteiger partial charge in [0.25, 0.3) is 5.91 Å². The lowest BCUT2D eigenvalue weighted by Gasteiger charge is -2.13. The molecule has 2 heterocycles. The van der Waals surface area contributed by atoms with E-state index in [4.69, 9.17) is 0 Å². The Kier molecular flexibility index (Phi) is 6.25. The van der Waals surface area contributed by atoms with Crippen LogP contribution in [0.5, 0.6) is 0 Å². The zero-order valence-electron chi connectivity index (χ0n) is 18.5. The van der Waals surface area contributed by atoms with E-state index in [9.17, 15) is 33.2 Å². The molecule has 0 atom stereocenters. The smallest absolute Gasteiger partial charge is 0.321 e. The Labute approximate surface area is 197 Å². The van der Waals surface area contributed by atoms with E-state index in [0.29, 0.717) is 41.0 Å². The summed E-state index contributed by atoms with van der Waals surface area (Å²) >= 11 is 0. The van der Waals surface area contributed by atoms with Crippen LogP contribution >= 0.6 is 7.60 Å². The molecule has 0 aliphatic rings. The van der Waals surface area contributed by atoms with Gasteiger partial charge in [-0.15, -0.1) is 0 Å². The third kappa shape index (κ3) is 4.70. The van der Waals surface area contributed by atoms with E-state index in [2.05, 4.69) is 15.4 Å². The summed E-state index contributed by atoms with van der Waals surface area (Å²) in [5.74, 6) is -2.94. The van der Waals surface area contributed by atoms with Crippen molar-refractivity contribution in [2.45, 2.75) is 26.9 Å². The predicted octanol–water partition coefficient (Wildman–Crippen LogP) is 2.81. The molecule has 13 heteroatoms. The molecule has 0 saturated heterocycles. The van der Waals surface area contributed by atoms with E-state index in [0.717, 1.165) is 0 Å². The first-order chi connectivity index (χ1) is 16.5. The molecule has 0 aliphatic carbocycles. The number of aryl methyl sites for hydroxylation is 2. The number of rotatable bonds is 6. The Morgan fingerprint density at radius 3 is 2.49 bits per heavy atom. The number of benzene rings is 2. The molecular weight excluding hydrogens is 481 g/mol. The van der Waals surface area contributed by atoms with E-state index in [1.807, 2.05) is 13.0 Å². The van der Waals surface area contributed by atoms with Gasteiger partial charge < -0.3 is 14.4 Å². The molecule has 0 aliphatic heterocycles. The maximum atomic E-state index is 14.8. The first-order valence-corrected chi connectivity index (χ1v) is 11.9. The number of nitriles is 1.